The average Bonchev–Trinajstić information content (AvgIpc) is 3.17. The molecule has 2 aromatic carbocycles. The Bertz CT molecular complexity index is 1120. The number of carbonyl (C=O) groups is 1. The summed E-state index contributed by atoms with van der Waals surface area (Å²) in [5, 5.41) is 13.7. The van der Waals surface area contributed by atoms with Gasteiger partial charge in [-0.25, -0.2) is 12.8 Å². The van der Waals surface area contributed by atoms with Crippen molar-refractivity contribution in [1.82, 2.24) is 29.8 Å². The molecule has 1 fully saturated rings. The fourth-order valence-electron chi connectivity index (χ4n) is 3.32. The monoisotopic (exact) mass is 430 g/mol. The molecule has 0 atom stereocenters. The van der Waals surface area contributed by atoms with Crippen LogP contribution in [0.15, 0.2) is 53.4 Å². The number of carbonyl (C=O) groups excluding carboxylic acids is 1. The summed E-state index contributed by atoms with van der Waals surface area (Å²) in [7, 11) is -3.74. The van der Waals surface area contributed by atoms with Crippen LogP contribution in [0.4, 0.5) is 4.39 Å². The topological polar surface area (TPSA) is 112 Å². The number of halogens is 1. The average molecular weight is 430 g/mol. The van der Waals surface area contributed by atoms with E-state index in [1.54, 1.807) is 29.2 Å². The van der Waals surface area contributed by atoms with E-state index >= 15 is 0 Å². The van der Waals surface area contributed by atoms with Crippen molar-refractivity contribution in [3.05, 3.63) is 59.9 Å². The lowest BCUT2D eigenvalue weighted by Gasteiger charge is -2.22. The summed E-state index contributed by atoms with van der Waals surface area (Å²) in [6.45, 7) is 1.18. The Balaban J connectivity index is 1.45. The van der Waals surface area contributed by atoms with E-state index in [0.29, 0.717) is 30.9 Å². The van der Waals surface area contributed by atoms with Crippen LogP contribution in [0, 0.1) is 5.82 Å². The highest BCUT2D eigenvalue weighted by Gasteiger charge is 2.28. The third-order valence-electron chi connectivity index (χ3n) is 4.93. The van der Waals surface area contributed by atoms with Gasteiger partial charge < -0.3 is 4.90 Å². The predicted molar refractivity (Wildman–Crippen MR) is 105 cm³/mol. The van der Waals surface area contributed by atoms with E-state index in [9.17, 15) is 17.6 Å². The molecule has 156 valence electrons. The van der Waals surface area contributed by atoms with E-state index in [1.165, 1.54) is 16.4 Å². The highest BCUT2D eigenvalue weighted by Crippen LogP contribution is 2.20. The molecule has 9 nitrogen and oxygen atoms in total. The molecule has 0 spiro atoms. The van der Waals surface area contributed by atoms with Crippen LogP contribution in [0.25, 0.3) is 11.4 Å². The highest BCUT2D eigenvalue weighted by atomic mass is 32.2. The second-order valence-electron chi connectivity index (χ2n) is 6.82. The van der Waals surface area contributed by atoms with Crippen molar-refractivity contribution in [2.45, 2.75) is 11.3 Å². The Hall–Kier alpha value is -3.18. The number of tetrazole rings is 1. The van der Waals surface area contributed by atoms with E-state index in [-0.39, 0.29) is 23.9 Å². The van der Waals surface area contributed by atoms with Crippen molar-refractivity contribution in [3.8, 4) is 11.4 Å². The largest absolute Gasteiger partial charge is 0.337 e. The smallest absolute Gasteiger partial charge is 0.253 e. The van der Waals surface area contributed by atoms with Crippen LogP contribution in [0.1, 0.15) is 16.8 Å². The van der Waals surface area contributed by atoms with Gasteiger partial charge in [-0.1, -0.05) is 12.1 Å². The maximum atomic E-state index is 13.1. The number of hydrogen-bond donors (Lipinski definition) is 1. The van der Waals surface area contributed by atoms with Crippen LogP contribution in [-0.4, -0.2) is 70.3 Å². The Labute approximate surface area is 172 Å². The van der Waals surface area contributed by atoms with E-state index in [2.05, 4.69) is 20.6 Å². The number of aromatic amines is 1. The van der Waals surface area contributed by atoms with Gasteiger partial charge in [0.25, 0.3) is 5.91 Å². The lowest BCUT2D eigenvalue weighted by molar-refractivity contribution is 0.0764. The number of rotatable bonds is 4. The van der Waals surface area contributed by atoms with E-state index in [4.69, 9.17) is 0 Å². The molecule has 0 bridgehead atoms. The summed E-state index contributed by atoms with van der Waals surface area (Å²) in [4.78, 5) is 14.6. The second kappa shape index (κ2) is 8.28. The molecule has 1 aliphatic heterocycles. The number of aromatic nitrogens is 4. The molecule has 0 radical (unpaired) electrons. The second-order valence-corrected chi connectivity index (χ2v) is 8.75. The van der Waals surface area contributed by atoms with Gasteiger partial charge in [-0.15, -0.1) is 10.2 Å². The van der Waals surface area contributed by atoms with Crippen LogP contribution in [0.3, 0.4) is 0 Å². The van der Waals surface area contributed by atoms with Crippen LogP contribution in [0.2, 0.25) is 0 Å². The molecule has 30 heavy (non-hydrogen) atoms. The number of sulfonamides is 1. The SMILES string of the molecule is O=C(c1ccc(-c2nn[nH]n2)cc1)N1CCCN(S(=O)(=O)c2ccc(F)cc2)CC1. The fraction of sp³-hybridized carbons (Fsp3) is 0.263. The number of nitrogens with one attached hydrogen (secondary N) is 1. The van der Waals surface area contributed by atoms with Gasteiger partial charge in [0, 0.05) is 37.3 Å². The van der Waals surface area contributed by atoms with Crippen LogP contribution >= 0.6 is 0 Å². The molecule has 0 saturated carbocycles. The van der Waals surface area contributed by atoms with Crippen molar-refractivity contribution in [3.63, 3.8) is 0 Å². The van der Waals surface area contributed by atoms with Gasteiger partial charge in [0.1, 0.15) is 5.82 Å². The zero-order valence-electron chi connectivity index (χ0n) is 15.9. The molecule has 1 aromatic heterocycles. The Kier molecular flexibility index (Phi) is 5.55. The van der Waals surface area contributed by atoms with Crippen LogP contribution in [-0.2, 0) is 10.0 Å². The third kappa shape index (κ3) is 4.07. The summed E-state index contributed by atoms with van der Waals surface area (Å²) in [5.74, 6) is -0.229. The first-order chi connectivity index (χ1) is 14.4. The van der Waals surface area contributed by atoms with Gasteiger partial charge in [0.2, 0.25) is 15.8 Å². The molecular weight excluding hydrogens is 411 g/mol. The summed E-state index contributed by atoms with van der Waals surface area (Å²) < 4.78 is 40.1. The molecule has 1 amide bonds. The van der Waals surface area contributed by atoms with Crippen molar-refractivity contribution < 1.29 is 17.6 Å². The van der Waals surface area contributed by atoms with Crippen molar-refractivity contribution in [2.75, 3.05) is 26.2 Å². The quantitative estimate of drug-likeness (QED) is 0.672. The molecule has 1 saturated heterocycles. The van der Waals surface area contributed by atoms with Gasteiger partial charge in [-0.05, 0) is 48.0 Å². The molecule has 3 aromatic rings. The number of nitrogens with zero attached hydrogens (tertiary/aromatic N) is 5. The van der Waals surface area contributed by atoms with Gasteiger partial charge >= 0.3 is 0 Å². The number of H-pyrrole nitrogens is 1. The summed E-state index contributed by atoms with van der Waals surface area (Å²) in [5.41, 5.74) is 1.23. The first-order valence-electron chi connectivity index (χ1n) is 9.34. The molecule has 4 rings (SSSR count). The Morgan fingerprint density at radius 1 is 0.967 bits per heavy atom. The lowest BCUT2D eigenvalue weighted by atomic mass is 10.1. The number of benzene rings is 2. The number of hydrogen-bond acceptors (Lipinski definition) is 6. The van der Waals surface area contributed by atoms with Gasteiger partial charge in [0.15, 0.2) is 0 Å². The molecule has 2 heterocycles. The van der Waals surface area contributed by atoms with Gasteiger partial charge in [0.05, 0.1) is 4.90 Å². The normalized spacial score (nSPS) is 15.7. The van der Waals surface area contributed by atoms with Crippen LogP contribution in [0.5, 0.6) is 0 Å². The van der Waals surface area contributed by atoms with Crippen molar-refractivity contribution in [2.24, 2.45) is 0 Å². The maximum Gasteiger partial charge on any atom is 0.253 e. The van der Waals surface area contributed by atoms with E-state index in [1.807, 2.05) is 0 Å². The molecular formula is C19H19FN6O3S. The van der Waals surface area contributed by atoms with E-state index in [0.717, 1.165) is 17.7 Å². The minimum absolute atomic E-state index is 0.0423. The van der Waals surface area contributed by atoms with Gasteiger partial charge in [-0.3, -0.25) is 4.79 Å². The molecule has 0 aliphatic carbocycles. The zero-order valence-corrected chi connectivity index (χ0v) is 16.7. The number of amides is 1. The zero-order chi connectivity index (χ0) is 21.1. The molecule has 1 aliphatic rings. The maximum absolute atomic E-state index is 13.1. The van der Waals surface area contributed by atoms with Gasteiger partial charge in [-0.2, -0.15) is 9.52 Å². The minimum Gasteiger partial charge on any atom is -0.337 e. The summed E-state index contributed by atoms with van der Waals surface area (Å²) in [6.07, 6.45) is 0.507. The first-order valence-corrected chi connectivity index (χ1v) is 10.8. The highest BCUT2D eigenvalue weighted by molar-refractivity contribution is 7.89. The van der Waals surface area contributed by atoms with Crippen molar-refractivity contribution in [1.29, 1.82) is 0 Å². The Morgan fingerprint density at radius 3 is 2.37 bits per heavy atom. The van der Waals surface area contributed by atoms with Crippen molar-refractivity contribution >= 4 is 15.9 Å². The summed E-state index contributed by atoms with van der Waals surface area (Å²) in [6, 6.07) is 11.6. The standard InChI is InChI=1S/C19H19FN6O3S/c20-16-6-8-17(9-7-16)30(28,29)26-11-1-10-25(12-13-26)19(27)15-4-2-14(3-5-15)18-21-23-24-22-18/h2-9H,1,10-13H2,(H,21,22,23,24). The molecule has 0 unspecified atom stereocenters. The molecule has 11 heteroatoms. The van der Waals surface area contributed by atoms with E-state index < -0.39 is 15.8 Å². The Morgan fingerprint density at radius 2 is 1.70 bits per heavy atom. The third-order valence-corrected chi connectivity index (χ3v) is 6.84. The van der Waals surface area contributed by atoms with Crippen LogP contribution < -0.4 is 0 Å². The predicted octanol–water partition coefficient (Wildman–Crippen LogP) is 1.54. The molecule has 1 N–H and O–H groups in total. The fourth-order valence-corrected chi connectivity index (χ4v) is 4.79. The first kappa shape index (κ1) is 20.1. The minimum atomic E-state index is -3.74. The lowest BCUT2D eigenvalue weighted by Crippen LogP contribution is -2.37. The summed E-state index contributed by atoms with van der Waals surface area (Å²) >= 11 is 0.